The van der Waals surface area contributed by atoms with E-state index >= 15 is 0 Å². The van der Waals surface area contributed by atoms with E-state index in [1.54, 1.807) is 27.1 Å². The summed E-state index contributed by atoms with van der Waals surface area (Å²) >= 11 is 0. The molecule has 1 aliphatic heterocycles. The molecule has 3 rings (SSSR count). The van der Waals surface area contributed by atoms with Gasteiger partial charge in [-0.1, -0.05) is 30.3 Å². The van der Waals surface area contributed by atoms with E-state index in [-0.39, 0.29) is 19.1 Å². The number of benzene rings is 1. The number of carbonyl (C=O) groups excluding carboxylic acids is 3. The van der Waals surface area contributed by atoms with Crippen molar-refractivity contribution in [3.63, 3.8) is 0 Å². The van der Waals surface area contributed by atoms with Crippen LogP contribution in [0.3, 0.4) is 0 Å². The van der Waals surface area contributed by atoms with Crippen molar-refractivity contribution in [2.75, 3.05) is 20.2 Å². The fourth-order valence-corrected chi connectivity index (χ4v) is 3.48. The monoisotopic (exact) mass is 429 g/mol. The minimum absolute atomic E-state index is 0.147. The van der Waals surface area contributed by atoms with Crippen LogP contribution in [0.25, 0.3) is 0 Å². The largest absolute Gasteiger partial charge is 0.467 e. The first kappa shape index (κ1) is 22.3. The van der Waals surface area contributed by atoms with Crippen molar-refractivity contribution in [3.8, 4) is 0 Å². The maximum Gasteiger partial charge on any atom is 0.416 e. The van der Waals surface area contributed by atoms with Crippen LogP contribution >= 0.6 is 0 Å². The van der Waals surface area contributed by atoms with Crippen LogP contribution in [-0.2, 0) is 27.2 Å². The van der Waals surface area contributed by atoms with Crippen molar-refractivity contribution in [2.45, 2.75) is 45.4 Å². The van der Waals surface area contributed by atoms with Gasteiger partial charge in [-0.15, -0.1) is 4.57 Å². The molecule has 1 N–H and O–H groups in total. The molecule has 2 amide bonds. The molecule has 0 saturated heterocycles. The summed E-state index contributed by atoms with van der Waals surface area (Å²) in [4.78, 5) is 38.8. The first-order valence-electron chi connectivity index (χ1n) is 10.2. The van der Waals surface area contributed by atoms with Crippen LogP contribution in [0, 0.1) is 0 Å². The number of methoxy groups -OCH3 is 1. The van der Waals surface area contributed by atoms with Gasteiger partial charge in [-0.25, -0.2) is 19.0 Å². The van der Waals surface area contributed by atoms with Crippen molar-refractivity contribution in [3.05, 3.63) is 54.1 Å². The standard InChI is InChI=1S/C22H28N4O5/c1-22(2,3)31-20(28)23-10-11-25-18(19(27)30-4)12-17-14-24(15-26(17)21(25)29)13-16-8-6-5-7-9-16/h5-9,14-15,18H,10-13H2,1-4H3/p+1. The van der Waals surface area contributed by atoms with Crippen molar-refractivity contribution >= 4 is 18.1 Å². The summed E-state index contributed by atoms with van der Waals surface area (Å²) in [5.41, 5.74) is 1.21. The third-order valence-electron chi connectivity index (χ3n) is 4.82. The molecule has 1 atom stereocenters. The highest BCUT2D eigenvalue weighted by molar-refractivity contribution is 5.87. The molecule has 1 aromatic carbocycles. The Bertz CT molecular complexity index is 949. The zero-order valence-electron chi connectivity index (χ0n) is 18.3. The quantitative estimate of drug-likeness (QED) is 0.557. The lowest BCUT2D eigenvalue weighted by molar-refractivity contribution is -0.687. The van der Waals surface area contributed by atoms with Gasteiger partial charge in [0.1, 0.15) is 24.4 Å². The topological polar surface area (TPSA) is 93.8 Å². The number of esters is 1. The van der Waals surface area contributed by atoms with Crippen LogP contribution < -0.4 is 9.88 Å². The summed E-state index contributed by atoms with van der Waals surface area (Å²) < 4.78 is 13.6. The maximum absolute atomic E-state index is 13.1. The number of hydrogen-bond donors (Lipinski definition) is 1. The molecule has 0 saturated carbocycles. The first-order chi connectivity index (χ1) is 14.7. The molecule has 9 heteroatoms. The van der Waals surface area contributed by atoms with Crippen LogP contribution in [0.4, 0.5) is 9.59 Å². The molecule has 166 valence electrons. The predicted octanol–water partition coefficient (Wildman–Crippen LogP) is 1.72. The highest BCUT2D eigenvalue weighted by Gasteiger charge is 2.41. The molecular weight excluding hydrogens is 400 g/mol. The summed E-state index contributed by atoms with van der Waals surface area (Å²) in [7, 11) is 1.30. The molecule has 31 heavy (non-hydrogen) atoms. The summed E-state index contributed by atoms with van der Waals surface area (Å²) in [6, 6.07) is 8.80. The molecule has 2 aromatic rings. The Labute approximate surface area is 181 Å². The molecule has 0 bridgehead atoms. The minimum atomic E-state index is -0.759. The van der Waals surface area contributed by atoms with Crippen LogP contribution in [0.2, 0.25) is 0 Å². The van der Waals surface area contributed by atoms with E-state index in [2.05, 4.69) is 5.32 Å². The normalized spacial score (nSPS) is 15.9. The Morgan fingerprint density at radius 3 is 2.58 bits per heavy atom. The van der Waals surface area contributed by atoms with E-state index in [0.29, 0.717) is 13.0 Å². The molecular formula is C22H29N4O5+. The molecule has 1 aliphatic rings. The van der Waals surface area contributed by atoms with Gasteiger partial charge < -0.3 is 14.8 Å². The summed E-state index contributed by atoms with van der Waals surface area (Å²) in [5.74, 6) is -0.493. The van der Waals surface area contributed by atoms with Crippen LogP contribution in [0.15, 0.2) is 42.9 Å². The molecule has 1 aromatic heterocycles. The summed E-state index contributed by atoms with van der Waals surface area (Å²) in [5, 5.41) is 2.62. The van der Waals surface area contributed by atoms with Gasteiger partial charge in [0, 0.05) is 19.5 Å². The second-order valence-corrected chi connectivity index (χ2v) is 8.41. The number of nitrogens with one attached hydrogen (secondary N) is 1. The Morgan fingerprint density at radius 1 is 1.23 bits per heavy atom. The first-order valence-corrected chi connectivity index (χ1v) is 10.2. The number of amides is 2. The van der Waals surface area contributed by atoms with E-state index in [0.717, 1.165) is 11.3 Å². The highest BCUT2D eigenvalue weighted by atomic mass is 16.6. The Morgan fingerprint density at radius 2 is 1.94 bits per heavy atom. The Hall–Kier alpha value is -3.36. The lowest BCUT2D eigenvalue weighted by Gasteiger charge is -2.31. The lowest BCUT2D eigenvalue weighted by Crippen LogP contribution is -2.54. The predicted molar refractivity (Wildman–Crippen MR) is 111 cm³/mol. The molecule has 2 heterocycles. The van der Waals surface area contributed by atoms with Crippen molar-refractivity contribution in [1.29, 1.82) is 0 Å². The average molecular weight is 429 g/mol. The fourth-order valence-electron chi connectivity index (χ4n) is 3.48. The summed E-state index contributed by atoms with van der Waals surface area (Å²) in [6.45, 7) is 6.21. The molecule has 9 nitrogen and oxygen atoms in total. The van der Waals surface area contributed by atoms with E-state index in [9.17, 15) is 14.4 Å². The number of rotatable bonds is 6. The zero-order chi connectivity index (χ0) is 22.6. The second-order valence-electron chi connectivity index (χ2n) is 8.41. The number of imidazole rings is 1. The number of alkyl carbamates (subject to hydrolysis) is 1. The fraction of sp³-hybridized carbons (Fsp3) is 0.455. The average Bonchev–Trinajstić information content (AvgIpc) is 3.11. The van der Waals surface area contributed by atoms with E-state index in [1.807, 2.05) is 41.1 Å². The van der Waals surface area contributed by atoms with Crippen molar-refractivity contribution < 1.29 is 28.4 Å². The van der Waals surface area contributed by atoms with E-state index < -0.39 is 23.7 Å². The molecule has 0 aliphatic carbocycles. The molecule has 1 unspecified atom stereocenters. The number of fused-ring (bicyclic) bond motifs is 1. The Kier molecular flexibility index (Phi) is 6.62. The SMILES string of the molecule is COC(=O)C1Cc2c[n+](Cc3ccccc3)cn2C(=O)N1CCNC(=O)OC(C)(C)C. The number of hydrogen-bond acceptors (Lipinski definition) is 5. The van der Waals surface area contributed by atoms with Gasteiger partial charge in [0.05, 0.1) is 7.11 Å². The summed E-state index contributed by atoms with van der Waals surface area (Å²) in [6.07, 6.45) is 3.35. The molecule has 0 spiro atoms. The van der Waals surface area contributed by atoms with Crippen molar-refractivity contribution in [1.82, 2.24) is 14.8 Å². The lowest BCUT2D eigenvalue weighted by atomic mass is 10.1. The zero-order valence-corrected chi connectivity index (χ0v) is 18.3. The van der Waals surface area contributed by atoms with Crippen LogP contribution in [0.5, 0.6) is 0 Å². The van der Waals surface area contributed by atoms with Gasteiger partial charge in [-0.05, 0) is 26.3 Å². The van der Waals surface area contributed by atoms with Gasteiger partial charge in [-0.2, -0.15) is 0 Å². The maximum atomic E-state index is 13.1. The third-order valence-corrected chi connectivity index (χ3v) is 4.82. The van der Waals surface area contributed by atoms with E-state index in [4.69, 9.17) is 9.47 Å². The third kappa shape index (κ3) is 5.62. The van der Waals surface area contributed by atoms with E-state index in [1.165, 1.54) is 16.6 Å². The number of aromatic nitrogens is 2. The minimum Gasteiger partial charge on any atom is -0.467 e. The van der Waals surface area contributed by atoms with Gasteiger partial charge in [-0.3, -0.25) is 4.90 Å². The van der Waals surface area contributed by atoms with Gasteiger partial charge in [0.15, 0.2) is 5.69 Å². The molecule has 0 radical (unpaired) electrons. The smallest absolute Gasteiger partial charge is 0.416 e. The Balaban J connectivity index is 1.73. The van der Waals surface area contributed by atoms with Crippen molar-refractivity contribution in [2.24, 2.45) is 0 Å². The molecule has 0 fully saturated rings. The van der Waals surface area contributed by atoms with Crippen LogP contribution in [0.1, 0.15) is 32.0 Å². The number of carbonyl (C=O) groups is 3. The van der Waals surface area contributed by atoms with Gasteiger partial charge >= 0.3 is 18.1 Å². The highest BCUT2D eigenvalue weighted by Crippen LogP contribution is 2.18. The second kappa shape index (κ2) is 9.20. The van der Waals surface area contributed by atoms with Crippen LogP contribution in [-0.4, -0.2) is 59.4 Å². The number of ether oxygens (including phenoxy) is 2. The van der Waals surface area contributed by atoms with Gasteiger partial charge in [0.25, 0.3) is 6.33 Å². The number of nitrogens with zero attached hydrogens (tertiary/aromatic N) is 3. The van der Waals surface area contributed by atoms with Gasteiger partial charge in [0.2, 0.25) is 0 Å².